The summed E-state index contributed by atoms with van der Waals surface area (Å²) in [4.78, 5) is 19.1. The normalized spacial score (nSPS) is 17.1. The molecule has 27 heavy (non-hydrogen) atoms. The number of pyridine rings is 1. The van der Waals surface area contributed by atoms with E-state index in [1.807, 2.05) is 32.0 Å². The van der Waals surface area contributed by atoms with Gasteiger partial charge in [0.2, 0.25) is 0 Å². The van der Waals surface area contributed by atoms with Gasteiger partial charge in [-0.1, -0.05) is 11.2 Å². The predicted octanol–water partition coefficient (Wildman–Crippen LogP) is 2.36. The molecule has 8 heteroatoms. The molecule has 4 rings (SSSR count). The Kier molecular flexibility index (Phi) is 4.64. The molecule has 0 saturated carbocycles. The number of hydrogen-bond donors (Lipinski definition) is 0. The molecular formula is C19H19N5O3. The lowest BCUT2D eigenvalue weighted by molar-refractivity contribution is -0.0249. The van der Waals surface area contributed by atoms with E-state index < -0.39 is 0 Å². The first-order valence-electron chi connectivity index (χ1n) is 8.72. The summed E-state index contributed by atoms with van der Waals surface area (Å²) in [5.74, 6) is 0.569. The van der Waals surface area contributed by atoms with Crippen molar-refractivity contribution in [3.05, 3.63) is 59.4 Å². The second kappa shape index (κ2) is 7.24. The molecule has 1 fully saturated rings. The molecule has 1 aliphatic rings. The highest BCUT2D eigenvalue weighted by Gasteiger charge is 2.28. The minimum absolute atomic E-state index is 0.154. The van der Waals surface area contributed by atoms with E-state index in [0.717, 1.165) is 28.4 Å². The quantitative estimate of drug-likeness (QED) is 0.703. The van der Waals surface area contributed by atoms with Gasteiger partial charge in [0.05, 0.1) is 35.8 Å². The fourth-order valence-electron chi connectivity index (χ4n) is 3.21. The molecule has 3 aromatic rings. The van der Waals surface area contributed by atoms with Crippen LogP contribution in [0, 0.1) is 13.8 Å². The van der Waals surface area contributed by atoms with Gasteiger partial charge in [0.1, 0.15) is 11.9 Å². The standard InChI is InChI=1S/C19H19N5O3/c1-12-18(13(2)27-23-12)15-6-3-5-14(21-15)17-11-24(9-10-26-17)19(25)16-7-4-8-20-22-16/h3-8,17H,9-11H2,1-2H3. The molecule has 1 amide bonds. The number of hydrogen-bond acceptors (Lipinski definition) is 7. The summed E-state index contributed by atoms with van der Waals surface area (Å²) >= 11 is 0. The second-order valence-electron chi connectivity index (χ2n) is 6.37. The first-order chi connectivity index (χ1) is 13.1. The molecule has 4 heterocycles. The van der Waals surface area contributed by atoms with Gasteiger partial charge < -0.3 is 14.2 Å². The molecule has 0 spiro atoms. The molecule has 1 saturated heterocycles. The van der Waals surface area contributed by atoms with Crippen molar-refractivity contribution in [1.82, 2.24) is 25.2 Å². The smallest absolute Gasteiger partial charge is 0.274 e. The van der Waals surface area contributed by atoms with Crippen LogP contribution in [-0.2, 0) is 4.74 Å². The Morgan fingerprint density at radius 1 is 1.22 bits per heavy atom. The number of amides is 1. The van der Waals surface area contributed by atoms with Crippen molar-refractivity contribution in [3.63, 3.8) is 0 Å². The number of carbonyl (C=O) groups excluding carboxylic acids is 1. The summed E-state index contributed by atoms with van der Waals surface area (Å²) in [7, 11) is 0. The largest absolute Gasteiger partial charge is 0.368 e. The minimum Gasteiger partial charge on any atom is -0.368 e. The topological polar surface area (TPSA) is 94.2 Å². The first kappa shape index (κ1) is 17.3. The van der Waals surface area contributed by atoms with Crippen molar-refractivity contribution in [2.45, 2.75) is 20.0 Å². The summed E-state index contributed by atoms with van der Waals surface area (Å²) < 4.78 is 11.1. The van der Waals surface area contributed by atoms with Crippen LogP contribution in [0.4, 0.5) is 0 Å². The lowest BCUT2D eigenvalue weighted by atomic mass is 10.1. The summed E-state index contributed by atoms with van der Waals surface area (Å²) in [5, 5.41) is 11.7. The van der Waals surface area contributed by atoms with Crippen LogP contribution in [-0.4, -0.2) is 50.8 Å². The van der Waals surface area contributed by atoms with Crippen LogP contribution in [0.5, 0.6) is 0 Å². The van der Waals surface area contributed by atoms with Crippen LogP contribution in [0.25, 0.3) is 11.3 Å². The van der Waals surface area contributed by atoms with E-state index in [9.17, 15) is 4.79 Å². The molecule has 1 unspecified atom stereocenters. The Labute approximate surface area is 156 Å². The van der Waals surface area contributed by atoms with Crippen LogP contribution in [0.2, 0.25) is 0 Å². The molecule has 0 aliphatic carbocycles. The SMILES string of the molecule is Cc1noc(C)c1-c1cccc(C2CN(C(=O)c3cccnn3)CCO2)n1. The zero-order chi connectivity index (χ0) is 18.8. The Morgan fingerprint density at radius 2 is 2.11 bits per heavy atom. The maximum atomic E-state index is 12.6. The summed E-state index contributed by atoms with van der Waals surface area (Å²) in [6.07, 6.45) is 1.24. The van der Waals surface area contributed by atoms with Crippen molar-refractivity contribution < 1.29 is 14.1 Å². The number of rotatable bonds is 3. The number of ether oxygens (including phenoxy) is 1. The van der Waals surface area contributed by atoms with Crippen molar-refractivity contribution in [2.75, 3.05) is 19.7 Å². The van der Waals surface area contributed by atoms with E-state index in [2.05, 4.69) is 15.4 Å². The Bertz CT molecular complexity index is 937. The van der Waals surface area contributed by atoms with Gasteiger partial charge in [-0.2, -0.15) is 5.10 Å². The molecule has 1 aliphatic heterocycles. The lowest BCUT2D eigenvalue weighted by Crippen LogP contribution is -2.42. The number of aromatic nitrogens is 4. The monoisotopic (exact) mass is 365 g/mol. The van der Waals surface area contributed by atoms with Gasteiger partial charge in [0.25, 0.3) is 5.91 Å². The Hall–Kier alpha value is -3.13. The van der Waals surface area contributed by atoms with Crippen molar-refractivity contribution >= 4 is 5.91 Å². The molecule has 0 bridgehead atoms. The average Bonchev–Trinajstić information content (AvgIpc) is 3.06. The zero-order valence-corrected chi connectivity index (χ0v) is 15.1. The highest BCUT2D eigenvalue weighted by atomic mass is 16.5. The minimum atomic E-state index is -0.306. The molecule has 138 valence electrons. The molecule has 1 atom stereocenters. The van der Waals surface area contributed by atoms with Crippen LogP contribution in [0.1, 0.15) is 33.7 Å². The van der Waals surface area contributed by atoms with Gasteiger partial charge in [-0.25, -0.2) is 4.98 Å². The van der Waals surface area contributed by atoms with E-state index in [-0.39, 0.29) is 12.0 Å². The highest BCUT2D eigenvalue weighted by Crippen LogP contribution is 2.28. The van der Waals surface area contributed by atoms with Crippen LogP contribution >= 0.6 is 0 Å². The summed E-state index contributed by atoms with van der Waals surface area (Å²) in [5.41, 5.74) is 3.56. The highest BCUT2D eigenvalue weighted by molar-refractivity contribution is 5.92. The van der Waals surface area contributed by atoms with Crippen molar-refractivity contribution in [1.29, 1.82) is 0 Å². The second-order valence-corrected chi connectivity index (χ2v) is 6.37. The van der Waals surface area contributed by atoms with Gasteiger partial charge in [-0.05, 0) is 38.1 Å². The Balaban J connectivity index is 1.57. The fraction of sp³-hybridized carbons (Fsp3) is 0.316. The average molecular weight is 365 g/mol. The van der Waals surface area contributed by atoms with E-state index in [1.54, 1.807) is 23.2 Å². The maximum Gasteiger partial charge on any atom is 0.274 e. The number of nitrogens with zero attached hydrogens (tertiary/aromatic N) is 5. The van der Waals surface area contributed by atoms with E-state index in [0.29, 0.717) is 25.4 Å². The summed E-state index contributed by atoms with van der Waals surface area (Å²) in [6, 6.07) is 9.11. The van der Waals surface area contributed by atoms with Crippen LogP contribution in [0.15, 0.2) is 41.1 Å². The van der Waals surface area contributed by atoms with Crippen LogP contribution in [0.3, 0.4) is 0 Å². The van der Waals surface area contributed by atoms with Gasteiger partial charge >= 0.3 is 0 Å². The molecule has 8 nitrogen and oxygen atoms in total. The van der Waals surface area contributed by atoms with Crippen molar-refractivity contribution in [2.24, 2.45) is 0 Å². The predicted molar refractivity (Wildman–Crippen MR) is 95.8 cm³/mol. The lowest BCUT2D eigenvalue weighted by Gasteiger charge is -2.32. The van der Waals surface area contributed by atoms with Gasteiger partial charge in [-0.3, -0.25) is 4.79 Å². The third kappa shape index (κ3) is 3.43. The van der Waals surface area contributed by atoms with E-state index in [1.165, 1.54) is 0 Å². The van der Waals surface area contributed by atoms with Gasteiger partial charge in [0, 0.05) is 12.7 Å². The molecular weight excluding hydrogens is 346 g/mol. The molecule has 0 aromatic carbocycles. The first-order valence-corrected chi connectivity index (χ1v) is 8.72. The zero-order valence-electron chi connectivity index (χ0n) is 15.1. The molecule has 0 N–H and O–H groups in total. The number of aryl methyl sites for hydroxylation is 2. The number of morpholine rings is 1. The van der Waals surface area contributed by atoms with E-state index >= 15 is 0 Å². The van der Waals surface area contributed by atoms with Gasteiger partial charge in [0.15, 0.2) is 5.69 Å². The van der Waals surface area contributed by atoms with E-state index in [4.69, 9.17) is 14.2 Å². The van der Waals surface area contributed by atoms with Crippen LogP contribution < -0.4 is 0 Å². The fourth-order valence-corrected chi connectivity index (χ4v) is 3.21. The Morgan fingerprint density at radius 3 is 2.85 bits per heavy atom. The number of carbonyl (C=O) groups is 1. The van der Waals surface area contributed by atoms with Gasteiger partial charge in [-0.15, -0.1) is 5.10 Å². The third-order valence-electron chi connectivity index (χ3n) is 4.54. The third-order valence-corrected chi connectivity index (χ3v) is 4.54. The molecule has 3 aromatic heterocycles. The van der Waals surface area contributed by atoms with Crippen molar-refractivity contribution in [3.8, 4) is 11.3 Å². The maximum absolute atomic E-state index is 12.6. The summed E-state index contributed by atoms with van der Waals surface area (Å²) in [6.45, 7) is 5.11. The molecule has 0 radical (unpaired) electrons.